The molecular formula is C17H20FN3O4. The van der Waals surface area contributed by atoms with Crippen molar-refractivity contribution in [3.05, 3.63) is 41.5 Å². The predicted molar refractivity (Wildman–Crippen MR) is 88.3 cm³/mol. The van der Waals surface area contributed by atoms with Crippen molar-refractivity contribution in [3.8, 4) is 11.4 Å². The number of halogens is 1. The molecule has 0 unspecified atom stereocenters. The van der Waals surface area contributed by atoms with Gasteiger partial charge in [0.1, 0.15) is 11.9 Å². The number of rotatable bonds is 6. The first-order valence-electron chi connectivity index (χ1n) is 7.78. The standard InChI is InChI=1S/C17H20FN3O4/c1-9(2)6-12(17(24)25)19-16(23)15-14(22)8-21(20-15)13-5-4-11(18)7-10(13)3/h4-5,7-9,12,22H,6H2,1-3H3,(H,19,23)(H,24,25)/t12-/m0/s1. The summed E-state index contributed by atoms with van der Waals surface area (Å²) in [5.41, 5.74) is 0.768. The van der Waals surface area contributed by atoms with Crippen molar-refractivity contribution in [1.82, 2.24) is 15.1 Å². The van der Waals surface area contributed by atoms with Gasteiger partial charge >= 0.3 is 5.97 Å². The second-order valence-electron chi connectivity index (χ2n) is 6.23. The molecule has 0 aliphatic carbocycles. The van der Waals surface area contributed by atoms with Gasteiger partial charge in [-0.05, 0) is 43.0 Å². The van der Waals surface area contributed by atoms with E-state index in [1.165, 1.54) is 29.1 Å². The molecule has 8 heteroatoms. The number of carbonyl (C=O) groups is 2. The van der Waals surface area contributed by atoms with Crippen LogP contribution in [0, 0.1) is 18.7 Å². The first-order chi connectivity index (χ1) is 11.7. The van der Waals surface area contributed by atoms with Gasteiger partial charge in [0.2, 0.25) is 0 Å². The van der Waals surface area contributed by atoms with E-state index in [4.69, 9.17) is 0 Å². The Bertz CT molecular complexity index is 801. The van der Waals surface area contributed by atoms with E-state index >= 15 is 0 Å². The van der Waals surface area contributed by atoms with E-state index < -0.39 is 29.5 Å². The van der Waals surface area contributed by atoms with Gasteiger partial charge in [-0.15, -0.1) is 0 Å². The highest BCUT2D eigenvalue weighted by atomic mass is 19.1. The molecule has 0 saturated carbocycles. The lowest BCUT2D eigenvalue weighted by Gasteiger charge is -2.15. The number of benzene rings is 1. The first kappa shape index (κ1) is 18.4. The van der Waals surface area contributed by atoms with Gasteiger partial charge in [0.15, 0.2) is 11.4 Å². The van der Waals surface area contributed by atoms with E-state index in [-0.39, 0.29) is 18.0 Å². The van der Waals surface area contributed by atoms with Crippen LogP contribution in [0.25, 0.3) is 5.69 Å². The van der Waals surface area contributed by atoms with Gasteiger partial charge in [0, 0.05) is 0 Å². The van der Waals surface area contributed by atoms with E-state index in [2.05, 4.69) is 10.4 Å². The first-order valence-corrected chi connectivity index (χ1v) is 7.78. The normalized spacial score (nSPS) is 12.2. The molecule has 25 heavy (non-hydrogen) atoms. The number of carboxylic acids is 1. The molecule has 2 rings (SSSR count). The van der Waals surface area contributed by atoms with Crippen molar-refractivity contribution >= 4 is 11.9 Å². The summed E-state index contributed by atoms with van der Waals surface area (Å²) in [5, 5.41) is 25.5. The number of hydrogen-bond donors (Lipinski definition) is 3. The largest absolute Gasteiger partial charge is 0.504 e. The van der Waals surface area contributed by atoms with Crippen LogP contribution in [0.5, 0.6) is 5.75 Å². The molecule has 0 aliphatic rings. The van der Waals surface area contributed by atoms with Crippen LogP contribution in [0.1, 0.15) is 36.3 Å². The van der Waals surface area contributed by atoms with Gasteiger partial charge in [-0.25, -0.2) is 13.9 Å². The highest BCUT2D eigenvalue weighted by molar-refractivity contribution is 5.97. The molecule has 1 atom stereocenters. The van der Waals surface area contributed by atoms with Crippen LogP contribution < -0.4 is 5.32 Å². The SMILES string of the molecule is Cc1cc(F)ccc1-n1cc(O)c(C(=O)N[C@@H](CC(C)C)C(=O)O)n1. The Hall–Kier alpha value is -2.90. The third kappa shape index (κ3) is 4.34. The molecule has 0 saturated heterocycles. The zero-order valence-electron chi connectivity index (χ0n) is 14.2. The minimum Gasteiger partial charge on any atom is -0.504 e. The Balaban J connectivity index is 2.26. The molecule has 0 spiro atoms. The lowest BCUT2D eigenvalue weighted by molar-refractivity contribution is -0.139. The average Bonchev–Trinajstić information content (AvgIpc) is 2.87. The number of aromatic nitrogens is 2. The zero-order valence-corrected chi connectivity index (χ0v) is 14.2. The van der Waals surface area contributed by atoms with Crippen LogP contribution in [-0.4, -0.2) is 37.9 Å². The Morgan fingerprint density at radius 1 is 1.36 bits per heavy atom. The summed E-state index contributed by atoms with van der Waals surface area (Å²) in [6.45, 7) is 5.34. The molecular weight excluding hydrogens is 329 g/mol. The second-order valence-corrected chi connectivity index (χ2v) is 6.23. The van der Waals surface area contributed by atoms with Crippen molar-refractivity contribution in [2.75, 3.05) is 0 Å². The van der Waals surface area contributed by atoms with E-state index in [1.54, 1.807) is 6.92 Å². The van der Waals surface area contributed by atoms with Crippen molar-refractivity contribution in [2.45, 2.75) is 33.2 Å². The van der Waals surface area contributed by atoms with Crippen LogP contribution >= 0.6 is 0 Å². The summed E-state index contributed by atoms with van der Waals surface area (Å²) in [5.74, 6) is -2.68. The fourth-order valence-electron chi connectivity index (χ4n) is 2.45. The zero-order chi connectivity index (χ0) is 18.7. The van der Waals surface area contributed by atoms with Gasteiger partial charge in [-0.3, -0.25) is 4.79 Å². The van der Waals surface area contributed by atoms with Crippen molar-refractivity contribution < 1.29 is 24.2 Å². The number of aromatic hydroxyl groups is 1. The molecule has 0 aliphatic heterocycles. The number of hydrogen-bond acceptors (Lipinski definition) is 4. The van der Waals surface area contributed by atoms with E-state index in [1.807, 2.05) is 13.8 Å². The number of aliphatic carboxylic acids is 1. The summed E-state index contributed by atoms with van der Waals surface area (Å²) in [7, 11) is 0. The molecule has 0 radical (unpaired) electrons. The number of amides is 1. The molecule has 2 aromatic rings. The maximum absolute atomic E-state index is 13.2. The third-order valence-corrected chi connectivity index (χ3v) is 3.63. The van der Waals surface area contributed by atoms with E-state index in [0.717, 1.165) is 0 Å². The Morgan fingerprint density at radius 2 is 2.04 bits per heavy atom. The summed E-state index contributed by atoms with van der Waals surface area (Å²) in [4.78, 5) is 23.5. The van der Waals surface area contributed by atoms with Crippen LogP contribution in [0.4, 0.5) is 4.39 Å². The van der Waals surface area contributed by atoms with Crippen LogP contribution in [0.3, 0.4) is 0 Å². The van der Waals surface area contributed by atoms with Crippen LogP contribution in [0.15, 0.2) is 24.4 Å². The fraction of sp³-hybridized carbons (Fsp3) is 0.353. The molecule has 1 amide bonds. The lowest BCUT2D eigenvalue weighted by atomic mass is 10.0. The minimum absolute atomic E-state index is 0.0643. The topological polar surface area (TPSA) is 104 Å². The van der Waals surface area contributed by atoms with Crippen molar-refractivity contribution in [2.24, 2.45) is 5.92 Å². The average molecular weight is 349 g/mol. The molecule has 0 fully saturated rings. The summed E-state index contributed by atoms with van der Waals surface area (Å²) >= 11 is 0. The fourth-order valence-corrected chi connectivity index (χ4v) is 2.45. The molecule has 134 valence electrons. The number of carbonyl (C=O) groups excluding carboxylic acids is 1. The van der Waals surface area contributed by atoms with E-state index in [0.29, 0.717) is 11.3 Å². The third-order valence-electron chi connectivity index (χ3n) is 3.63. The van der Waals surface area contributed by atoms with E-state index in [9.17, 15) is 24.2 Å². The van der Waals surface area contributed by atoms with Gasteiger partial charge in [-0.1, -0.05) is 13.8 Å². The highest BCUT2D eigenvalue weighted by Gasteiger charge is 2.25. The molecule has 0 bridgehead atoms. The van der Waals surface area contributed by atoms with Crippen molar-refractivity contribution in [3.63, 3.8) is 0 Å². The highest BCUT2D eigenvalue weighted by Crippen LogP contribution is 2.21. The maximum atomic E-state index is 13.2. The number of nitrogens with zero attached hydrogens (tertiary/aromatic N) is 2. The molecule has 1 heterocycles. The quantitative estimate of drug-likeness (QED) is 0.742. The Kier molecular flexibility index (Phi) is 5.41. The van der Waals surface area contributed by atoms with Gasteiger partial charge in [0.05, 0.1) is 11.9 Å². The summed E-state index contributed by atoms with van der Waals surface area (Å²) in [6, 6.07) is 2.93. The maximum Gasteiger partial charge on any atom is 0.326 e. The predicted octanol–water partition coefficient (Wildman–Crippen LogP) is 2.25. The monoisotopic (exact) mass is 349 g/mol. The lowest BCUT2D eigenvalue weighted by Crippen LogP contribution is -2.41. The summed E-state index contributed by atoms with van der Waals surface area (Å²) < 4.78 is 14.4. The Morgan fingerprint density at radius 3 is 2.60 bits per heavy atom. The molecule has 7 nitrogen and oxygen atoms in total. The molecule has 3 N–H and O–H groups in total. The number of nitrogens with one attached hydrogen (secondary N) is 1. The van der Waals surface area contributed by atoms with Gasteiger partial charge in [-0.2, -0.15) is 5.10 Å². The van der Waals surface area contributed by atoms with Crippen LogP contribution in [-0.2, 0) is 4.79 Å². The number of aryl methyl sites for hydroxylation is 1. The smallest absolute Gasteiger partial charge is 0.326 e. The Labute approximate surface area is 144 Å². The number of carboxylic acid groups (broad SMARTS) is 1. The summed E-state index contributed by atoms with van der Waals surface area (Å²) in [6.07, 6.45) is 1.47. The molecule has 1 aromatic carbocycles. The molecule has 1 aromatic heterocycles. The minimum atomic E-state index is -1.16. The van der Waals surface area contributed by atoms with Gasteiger partial charge < -0.3 is 15.5 Å². The van der Waals surface area contributed by atoms with Crippen LogP contribution in [0.2, 0.25) is 0 Å². The van der Waals surface area contributed by atoms with Gasteiger partial charge in [0.25, 0.3) is 5.91 Å². The second kappa shape index (κ2) is 7.33. The van der Waals surface area contributed by atoms with Crippen molar-refractivity contribution in [1.29, 1.82) is 0 Å².